The lowest BCUT2D eigenvalue weighted by Crippen LogP contribution is -2.19. The second-order valence-electron chi connectivity index (χ2n) is 5.74. The summed E-state index contributed by atoms with van der Waals surface area (Å²) in [7, 11) is 0. The maximum absolute atomic E-state index is 13.2. The van der Waals surface area contributed by atoms with Crippen molar-refractivity contribution in [1.82, 2.24) is 29.5 Å². The van der Waals surface area contributed by atoms with Gasteiger partial charge in [-0.1, -0.05) is 0 Å². The minimum Gasteiger partial charge on any atom is -0.362 e. The molecule has 0 spiro atoms. The highest BCUT2D eigenvalue weighted by Gasteiger charge is 2.39. The molecule has 3 aromatic rings. The van der Waals surface area contributed by atoms with Crippen molar-refractivity contribution in [3.8, 4) is 0 Å². The fourth-order valence-electron chi connectivity index (χ4n) is 3.07. The van der Waals surface area contributed by atoms with Gasteiger partial charge in [0.15, 0.2) is 11.5 Å². The Morgan fingerprint density at radius 2 is 1.92 bits per heavy atom. The Hall–Kier alpha value is -2.78. The van der Waals surface area contributed by atoms with Gasteiger partial charge < -0.3 is 9.88 Å². The second-order valence-corrected chi connectivity index (χ2v) is 5.74. The van der Waals surface area contributed by atoms with Gasteiger partial charge in [0.1, 0.15) is 11.8 Å². The van der Waals surface area contributed by atoms with E-state index in [1.807, 2.05) is 0 Å². The second kappa shape index (κ2) is 5.94. The summed E-state index contributed by atoms with van der Waals surface area (Å²) in [6.07, 6.45) is 2.08. The van der Waals surface area contributed by atoms with Gasteiger partial charge >= 0.3 is 6.18 Å². The molecule has 4 heterocycles. The molecule has 0 atom stereocenters. The molecular weight excluding hydrogens is 335 g/mol. The zero-order chi connectivity index (χ0) is 17.4. The fourth-order valence-corrected chi connectivity index (χ4v) is 3.07. The monoisotopic (exact) mass is 349 g/mol. The molecule has 1 aliphatic heterocycles. The summed E-state index contributed by atoms with van der Waals surface area (Å²) < 4.78 is 40.9. The van der Waals surface area contributed by atoms with E-state index in [0.717, 1.165) is 12.8 Å². The summed E-state index contributed by atoms with van der Waals surface area (Å²) in [5.41, 5.74) is 1.91. The van der Waals surface area contributed by atoms with Crippen LogP contribution in [0.1, 0.15) is 30.1 Å². The Kier molecular flexibility index (Phi) is 3.74. The van der Waals surface area contributed by atoms with E-state index in [1.165, 1.54) is 23.3 Å². The van der Waals surface area contributed by atoms with Crippen molar-refractivity contribution < 1.29 is 13.2 Å². The van der Waals surface area contributed by atoms with Crippen molar-refractivity contribution in [1.29, 1.82) is 0 Å². The minimum atomic E-state index is -4.46. The average molecular weight is 349 g/mol. The molecule has 1 aliphatic rings. The number of hydrogen-bond donors (Lipinski definition) is 1. The van der Waals surface area contributed by atoms with Gasteiger partial charge in [-0.05, 0) is 19.3 Å². The SMILES string of the molecule is FC(F)(F)c1nc(CNc2ncnc3nccnc23)c2n1CCCC2. The van der Waals surface area contributed by atoms with Crippen molar-refractivity contribution in [2.45, 2.75) is 38.5 Å². The number of nitrogens with one attached hydrogen (secondary N) is 1. The molecule has 10 heteroatoms. The van der Waals surface area contributed by atoms with E-state index in [1.54, 1.807) is 0 Å². The fraction of sp³-hybridized carbons (Fsp3) is 0.400. The molecule has 0 fully saturated rings. The van der Waals surface area contributed by atoms with Crippen LogP contribution >= 0.6 is 0 Å². The molecule has 4 rings (SSSR count). The van der Waals surface area contributed by atoms with E-state index >= 15 is 0 Å². The summed E-state index contributed by atoms with van der Waals surface area (Å²) in [5, 5.41) is 3.02. The number of aromatic nitrogens is 6. The van der Waals surface area contributed by atoms with Crippen LogP contribution in [0.2, 0.25) is 0 Å². The maximum atomic E-state index is 13.2. The molecular formula is C15H14F3N7. The zero-order valence-corrected chi connectivity index (χ0v) is 13.1. The molecule has 0 saturated carbocycles. The molecule has 0 radical (unpaired) electrons. The first-order valence-electron chi connectivity index (χ1n) is 7.85. The van der Waals surface area contributed by atoms with Crippen molar-refractivity contribution in [3.63, 3.8) is 0 Å². The van der Waals surface area contributed by atoms with E-state index < -0.39 is 12.0 Å². The predicted octanol–water partition coefficient (Wildman–Crippen LogP) is 2.58. The summed E-state index contributed by atoms with van der Waals surface area (Å²) in [4.78, 5) is 20.2. The topological polar surface area (TPSA) is 81.4 Å². The van der Waals surface area contributed by atoms with Crippen LogP contribution in [0.15, 0.2) is 18.7 Å². The van der Waals surface area contributed by atoms with Crippen LogP contribution in [0.25, 0.3) is 11.2 Å². The Morgan fingerprint density at radius 3 is 2.76 bits per heavy atom. The van der Waals surface area contributed by atoms with Crippen molar-refractivity contribution in [2.75, 3.05) is 5.32 Å². The van der Waals surface area contributed by atoms with E-state index in [0.29, 0.717) is 41.3 Å². The molecule has 0 aliphatic carbocycles. The van der Waals surface area contributed by atoms with Gasteiger partial charge in [0.25, 0.3) is 0 Å². The van der Waals surface area contributed by atoms with Crippen molar-refractivity contribution in [2.24, 2.45) is 0 Å². The van der Waals surface area contributed by atoms with Gasteiger partial charge in [0.05, 0.1) is 12.2 Å². The van der Waals surface area contributed by atoms with Crippen LogP contribution < -0.4 is 5.32 Å². The van der Waals surface area contributed by atoms with Crippen LogP contribution in [0.5, 0.6) is 0 Å². The Labute approximate surface area is 140 Å². The number of imidazole rings is 1. The third-order valence-corrected chi connectivity index (χ3v) is 4.15. The van der Waals surface area contributed by atoms with Crippen molar-refractivity contribution >= 4 is 17.0 Å². The zero-order valence-electron chi connectivity index (χ0n) is 13.1. The highest BCUT2D eigenvalue weighted by Crippen LogP contribution is 2.33. The van der Waals surface area contributed by atoms with E-state index in [-0.39, 0.29) is 6.54 Å². The van der Waals surface area contributed by atoms with Gasteiger partial charge in [-0.3, -0.25) is 0 Å². The Balaban J connectivity index is 1.66. The Morgan fingerprint density at radius 1 is 1.08 bits per heavy atom. The number of hydrogen-bond acceptors (Lipinski definition) is 6. The molecule has 0 saturated heterocycles. The first kappa shape index (κ1) is 15.7. The van der Waals surface area contributed by atoms with E-state index in [2.05, 4.69) is 30.2 Å². The first-order chi connectivity index (χ1) is 12.0. The lowest BCUT2D eigenvalue weighted by atomic mass is 10.1. The molecule has 3 aromatic heterocycles. The van der Waals surface area contributed by atoms with Crippen LogP contribution in [0.4, 0.5) is 19.0 Å². The Bertz CT molecular complexity index is 914. The number of anilines is 1. The van der Waals surface area contributed by atoms with E-state index in [4.69, 9.17) is 0 Å². The number of rotatable bonds is 3. The largest absolute Gasteiger partial charge is 0.449 e. The molecule has 0 unspecified atom stereocenters. The molecule has 25 heavy (non-hydrogen) atoms. The maximum Gasteiger partial charge on any atom is 0.449 e. The van der Waals surface area contributed by atoms with E-state index in [9.17, 15) is 13.2 Å². The van der Waals surface area contributed by atoms with Gasteiger partial charge in [-0.15, -0.1) is 0 Å². The highest BCUT2D eigenvalue weighted by molar-refractivity contribution is 5.81. The first-order valence-corrected chi connectivity index (χ1v) is 7.85. The predicted molar refractivity (Wildman–Crippen MR) is 82.6 cm³/mol. The van der Waals surface area contributed by atoms with Crippen LogP contribution in [0.3, 0.4) is 0 Å². The van der Waals surface area contributed by atoms with Gasteiger partial charge in [0, 0.05) is 24.6 Å². The minimum absolute atomic E-state index is 0.133. The number of nitrogens with zero attached hydrogens (tertiary/aromatic N) is 6. The summed E-state index contributed by atoms with van der Waals surface area (Å²) in [5.74, 6) is -0.407. The number of fused-ring (bicyclic) bond motifs is 2. The van der Waals surface area contributed by atoms with Crippen molar-refractivity contribution in [3.05, 3.63) is 35.9 Å². The van der Waals surface area contributed by atoms with Crippen LogP contribution in [-0.4, -0.2) is 29.5 Å². The molecule has 0 aromatic carbocycles. The summed E-state index contributed by atoms with van der Waals surface area (Å²) >= 11 is 0. The summed E-state index contributed by atoms with van der Waals surface area (Å²) in [6, 6.07) is 0. The van der Waals surface area contributed by atoms with Gasteiger partial charge in [-0.2, -0.15) is 13.2 Å². The number of halogens is 3. The third-order valence-electron chi connectivity index (χ3n) is 4.15. The standard InChI is InChI=1S/C15H14F3N7/c16-15(17,18)14-24-9(10-3-1-2-6-25(10)14)7-21-13-11-12(22-8-23-13)20-5-4-19-11/h4-5,8H,1-3,6-7H2,(H,20,21,22,23). The van der Waals surface area contributed by atoms with Gasteiger partial charge in [0.2, 0.25) is 5.82 Å². The normalized spacial score (nSPS) is 14.5. The summed E-state index contributed by atoms with van der Waals surface area (Å²) in [6.45, 7) is 0.479. The van der Waals surface area contributed by atoms with Crippen LogP contribution in [0, 0.1) is 0 Å². The quantitative estimate of drug-likeness (QED) is 0.783. The molecule has 130 valence electrons. The molecule has 0 bridgehead atoms. The smallest absolute Gasteiger partial charge is 0.362 e. The lowest BCUT2D eigenvalue weighted by molar-refractivity contribution is -0.147. The van der Waals surface area contributed by atoms with Crippen LogP contribution in [-0.2, 0) is 25.7 Å². The lowest BCUT2D eigenvalue weighted by Gasteiger charge is -2.18. The molecule has 7 nitrogen and oxygen atoms in total. The number of alkyl halides is 3. The molecule has 0 amide bonds. The average Bonchev–Trinajstić information content (AvgIpc) is 2.99. The molecule has 1 N–H and O–H groups in total. The third kappa shape index (κ3) is 2.87. The van der Waals surface area contributed by atoms with Gasteiger partial charge in [-0.25, -0.2) is 24.9 Å². The highest BCUT2D eigenvalue weighted by atomic mass is 19.4.